The van der Waals surface area contributed by atoms with Crippen LogP contribution in [0, 0.1) is 0 Å². The highest BCUT2D eigenvalue weighted by Crippen LogP contribution is 2.24. The van der Waals surface area contributed by atoms with Crippen LogP contribution >= 0.6 is 0 Å². The lowest BCUT2D eigenvalue weighted by Gasteiger charge is -2.15. The Balaban J connectivity index is 1.44. The van der Waals surface area contributed by atoms with Crippen molar-refractivity contribution in [3.8, 4) is 5.75 Å². The maximum atomic E-state index is 11.9. The zero-order valence-electron chi connectivity index (χ0n) is 14.3. The summed E-state index contributed by atoms with van der Waals surface area (Å²) in [6.45, 7) is 0.923. The van der Waals surface area contributed by atoms with Gasteiger partial charge in [-0.3, -0.25) is 14.4 Å². The van der Waals surface area contributed by atoms with Gasteiger partial charge in [-0.15, -0.1) is 0 Å². The number of carbonyl (C=O) groups excluding carboxylic acids is 3. The zero-order chi connectivity index (χ0) is 18.4. The third-order valence-corrected chi connectivity index (χ3v) is 4.10. The van der Waals surface area contributed by atoms with E-state index in [0.717, 1.165) is 18.7 Å². The fraction of sp³-hybridized carbons (Fsp3) is 0.250. The van der Waals surface area contributed by atoms with Crippen molar-refractivity contribution in [2.45, 2.75) is 19.3 Å². The molecule has 0 saturated carbocycles. The second-order valence-electron chi connectivity index (χ2n) is 5.99. The van der Waals surface area contributed by atoms with Crippen molar-refractivity contribution in [2.75, 3.05) is 18.0 Å². The van der Waals surface area contributed by atoms with E-state index in [0.29, 0.717) is 17.7 Å². The third-order valence-electron chi connectivity index (χ3n) is 4.10. The summed E-state index contributed by atoms with van der Waals surface area (Å²) in [6, 6.07) is 15.7. The van der Waals surface area contributed by atoms with Gasteiger partial charge in [-0.25, -0.2) is 0 Å². The number of hydrogen-bond acceptors (Lipinski definition) is 4. The van der Waals surface area contributed by atoms with Crippen molar-refractivity contribution in [3.05, 3.63) is 60.2 Å². The average molecular weight is 352 g/mol. The van der Waals surface area contributed by atoms with Crippen LogP contribution in [0.1, 0.15) is 29.6 Å². The van der Waals surface area contributed by atoms with Gasteiger partial charge in [-0.2, -0.15) is 0 Å². The van der Waals surface area contributed by atoms with Gasteiger partial charge in [0.25, 0.3) is 5.91 Å². The molecule has 1 fully saturated rings. The van der Waals surface area contributed by atoms with Crippen molar-refractivity contribution in [2.24, 2.45) is 0 Å². The van der Waals surface area contributed by atoms with Crippen molar-refractivity contribution in [1.82, 2.24) is 5.32 Å². The molecule has 0 aromatic heterocycles. The fourth-order valence-electron chi connectivity index (χ4n) is 2.77. The van der Waals surface area contributed by atoms with Gasteiger partial charge in [0.15, 0.2) is 0 Å². The Morgan fingerprint density at radius 2 is 1.77 bits per heavy atom. The molecule has 1 N–H and O–H groups in total. The molecule has 1 heterocycles. The minimum absolute atomic E-state index is 0.0743. The van der Waals surface area contributed by atoms with Crippen molar-refractivity contribution in [3.63, 3.8) is 0 Å². The molecule has 0 radical (unpaired) electrons. The summed E-state index contributed by atoms with van der Waals surface area (Å²) in [4.78, 5) is 37.2. The van der Waals surface area contributed by atoms with E-state index in [1.807, 2.05) is 6.07 Å². The highest BCUT2D eigenvalue weighted by atomic mass is 16.5. The molecule has 1 aliphatic heterocycles. The molecule has 3 rings (SSSR count). The highest BCUT2D eigenvalue weighted by molar-refractivity contribution is 5.95. The van der Waals surface area contributed by atoms with E-state index in [2.05, 4.69) is 5.32 Å². The lowest BCUT2D eigenvalue weighted by molar-refractivity contribution is -0.134. The van der Waals surface area contributed by atoms with Crippen LogP contribution in [-0.4, -0.2) is 30.9 Å². The Hall–Kier alpha value is -3.15. The fourth-order valence-corrected chi connectivity index (χ4v) is 2.77. The molecule has 0 spiro atoms. The van der Waals surface area contributed by atoms with E-state index in [4.69, 9.17) is 4.74 Å². The standard InChI is InChI=1S/C20H20N2O4/c23-18-7-4-14-22(18)16-8-10-17(11-9-16)26-19(24)12-13-21-20(25)15-5-2-1-3-6-15/h1-3,5-6,8-11H,4,7,12-14H2,(H,21,25). The molecular weight excluding hydrogens is 332 g/mol. The molecule has 0 atom stereocenters. The lowest BCUT2D eigenvalue weighted by atomic mass is 10.2. The van der Waals surface area contributed by atoms with Crippen LogP contribution in [0.5, 0.6) is 5.75 Å². The number of benzene rings is 2. The average Bonchev–Trinajstić information content (AvgIpc) is 3.09. The minimum atomic E-state index is -0.427. The number of esters is 1. The summed E-state index contributed by atoms with van der Waals surface area (Å²) in [7, 11) is 0. The molecule has 2 amide bonds. The van der Waals surface area contributed by atoms with Crippen LogP contribution < -0.4 is 15.0 Å². The number of hydrogen-bond donors (Lipinski definition) is 1. The zero-order valence-corrected chi connectivity index (χ0v) is 14.3. The third kappa shape index (κ3) is 4.47. The molecule has 6 heteroatoms. The number of ether oxygens (including phenoxy) is 1. The van der Waals surface area contributed by atoms with Crippen LogP contribution in [0.3, 0.4) is 0 Å². The van der Waals surface area contributed by atoms with Crippen LogP contribution in [0.25, 0.3) is 0 Å². The first-order valence-corrected chi connectivity index (χ1v) is 8.58. The molecule has 26 heavy (non-hydrogen) atoms. The van der Waals surface area contributed by atoms with Gasteiger partial charge in [0.1, 0.15) is 5.75 Å². The largest absolute Gasteiger partial charge is 0.426 e. The smallest absolute Gasteiger partial charge is 0.312 e. The first-order chi connectivity index (χ1) is 12.6. The Kier molecular flexibility index (Phi) is 5.63. The molecule has 0 unspecified atom stereocenters. The first kappa shape index (κ1) is 17.7. The lowest BCUT2D eigenvalue weighted by Crippen LogP contribution is -2.27. The van der Waals surface area contributed by atoms with Crippen molar-refractivity contribution < 1.29 is 19.1 Å². The topological polar surface area (TPSA) is 75.7 Å². The summed E-state index contributed by atoms with van der Waals surface area (Å²) in [5.74, 6) is -0.120. The second kappa shape index (κ2) is 8.29. The van der Waals surface area contributed by atoms with E-state index < -0.39 is 5.97 Å². The number of nitrogens with zero attached hydrogens (tertiary/aromatic N) is 1. The van der Waals surface area contributed by atoms with Crippen LogP contribution in [0.2, 0.25) is 0 Å². The summed E-state index contributed by atoms with van der Waals surface area (Å²) in [6.07, 6.45) is 1.51. The molecule has 6 nitrogen and oxygen atoms in total. The van der Waals surface area contributed by atoms with E-state index >= 15 is 0 Å². The Labute approximate surface area is 151 Å². The molecule has 2 aromatic rings. The Morgan fingerprint density at radius 1 is 1.04 bits per heavy atom. The summed E-state index contributed by atoms with van der Waals surface area (Å²) < 4.78 is 5.25. The van der Waals surface area contributed by atoms with Crippen LogP contribution in [0.4, 0.5) is 5.69 Å². The van der Waals surface area contributed by atoms with Gasteiger partial charge in [-0.1, -0.05) is 18.2 Å². The van der Waals surface area contributed by atoms with E-state index in [9.17, 15) is 14.4 Å². The molecule has 2 aromatic carbocycles. The summed E-state index contributed by atoms with van der Waals surface area (Å²) in [5.41, 5.74) is 1.36. The van der Waals surface area contributed by atoms with Gasteiger partial charge < -0.3 is 15.0 Å². The van der Waals surface area contributed by atoms with Gasteiger partial charge in [0, 0.05) is 30.8 Å². The van der Waals surface area contributed by atoms with Crippen molar-refractivity contribution in [1.29, 1.82) is 0 Å². The predicted octanol–water partition coefficient (Wildman–Crippen LogP) is 2.54. The van der Waals surface area contributed by atoms with Gasteiger partial charge in [-0.05, 0) is 42.8 Å². The predicted molar refractivity (Wildman–Crippen MR) is 97.1 cm³/mol. The monoisotopic (exact) mass is 352 g/mol. The first-order valence-electron chi connectivity index (χ1n) is 8.58. The maximum absolute atomic E-state index is 11.9. The number of nitrogens with one attached hydrogen (secondary N) is 1. The summed E-state index contributed by atoms with van der Waals surface area (Å²) >= 11 is 0. The number of amides is 2. The minimum Gasteiger partial charge on any atom is -0.426 e. The molecular formula is C20H20N2O4. The molecule has 1 saturated heterocycles. The van der Waals surface area contributed by atoms with Crippen molar-refractivity contribution >= 4 is 23.5 Å². The SMILES string of the molecule is O=C(CCNC(=O)c1ccccc1)Oc1ccc(N2CCCC2=O)cc1. The van der Waals surface area contributed by atoms with E-state index in [1.165, 1.54) is 0 Å². The van der Waals surface area contributed by atoms with Crippen LogP contribution in [-0.2, 0) is 9.59 Å². The maximum Gasteiger partial charge on any atom is 0.312 e. The Bertz CT molecular complexity index is 787. The molecule has 0 aliphatic carbocycles. The molecule has 0 bridgehead atoms. The Morgan fingerprint density at radius 3 is 2.42 bits per heavy atom. The number of carbonyl (C=O) groups is 3. The quantitative estimate of drug-likeness (QED) is 0.640. The van der Waals surface area contributed by atoms with Gasteiger partial charge in [0.05, 0.1) is 6.42 Å². The second-order valence-corrected chi connectivity index (χ2v) is 5.99. The number of anilines is 1. The van der Waals surface area contributed by atoms with Gasteiger partial charge in [0.2, 0.25) is 5.91 Å². The van der Waals surface area contributed by atoms with E-state index in [1.54, 1.807) is 53.4 Å². The van der Waals surface area contributed by atoms with Crippen LogP contribution in [0.15, 0.2) is 54.6 Å². The molecule has 134 valence electrons. The normalized spacial score (nSPS) is 13.5. The summed E-state index contributed by atoms with van der Waals surface area (Å²) in [5, 5.41) is 2.68. The number of rotatable bonds is 6. The van der Waals surface area contributed by atoms with Gasteiger partial charge >= 0.3 is 5.97 Å². The highest BCUT2D eigenvalue weighted by Gasteiger charge is 2.21. The molecule has 1 aliphatic rings. The van der Waals surface area contributed by atoms with E-state index in [-0.39, 0.29) is 24.8 Å².